The van der Waals surface area contributed by atoms with Crippen LogP contribution in [0.2, 0.25) is 0 Å². The number of halogens is 1. The van der Waals surface area contributed by atoms with Crippen LogP contribution in [0.5, 0.6) is 0 Å². The maximum absolute atomic E-state index is 13.3. The first kappa shape index (κ1) is 11.5. The molecule has 1 atom stereocenters. The van der Waals surface area contributed by atoms with E-state index in [4.69, 9.17) is 0 Å². The van der Waals surface area contributed by atoms with Crippen molar-refractivity contribution in [1.29, 1.82) is 0 Å². The monoisotopic (exact) mass is 202 g/mol. The first-order chi connectivity index (χ1) is 6.72. The molecule has 0 heterocycles. The van der Waals surface area contributed by atoms with E-state index in [0.717, 1.165) is 12.8 Å². The van der Waals surface area contributed by atoms with E-state index < -0.39 is 12.1 Å². The van der Waals surface area contributed by atoms with Crippen molar-refractivity contribution in [2.24, 2.45) is 5.92 Å². The van der Waals surface area contributed by atoms with Gasteiger partial charge in [-0.2, -0.15) is 0 Å². The summed E-state index contributed by atoms with van der Waals surface area (Å²) < 4.78 is 17.8. The molecule has 1 aliphatic rings. The van der Waals surface area contributed by atoms with Crippen molar-refractivity contribution in [2.75, 3.05) is 7.11 Å². The van der Waals surface area contributed by atoms with Gasteiger partial charge in [0.25, 0.3) is 0 Å². The van der Waals surface area contributed by atoms with Gasteiger partial charge in [-0.3, -0.25) is 4.79 Å². The molecule has 2 nitrogen and oxygen atoms in total. The minimum Gasteiger partial charge on any atom is -0.469 e. The first-order valence-corrected chi connectivity index (χ1v) is 5.43. The highest BCUT2D eigenvalue weighted by atomic mass is 19.1. The standard InChI is InChI=1S/C11H19FO2/c1-14-11(13)8-10(12)7-9-5-3-2-4-6-9/h9-10H,2-8H2,1H3. The van der Waals surface area contributed by atoms with Crippen molar-refractivity contribution in [3.05, 3.63) is 0 Å². The zero-order valence-electron chi connectivity index (χ0n) is 8.80. The number of hydrogen-bond donors (Lipinski definition) is 0. The van der Waals surface area contributed by atoms with Crippen LogP contribution in [0.25, 0.3) is 0 Å². The van der Waals surface area contributed by atoms with E-state index >= 15 is 0 Å². The Kier molecular flexibility index (Phi) is 4.91. The van der Waals surface area contributed by atoms with E-state index in [1.165, 1.54) is 26.4 Å². The highest BCUT2D eigenvalue weighted by Gasteiger charge is 2.20. The maximum Gasteiger partial charge on any atom is 0.308 e. The Labute approximate surface area is 84.8 Å². The number of carbonyl (C=O) groups excluding carboxylic acids is 1. The number of methoxy groups -OCH3 is 1. The van der Waals surface area contributed by atoms with Gasteiger partial charge in [-0.25, -0.2) is 4.39 Å². The van der Waals surface area contributed by atoms with Crippen LogP contribution >= 0.6 is 0 Å². The summed E-state index contributed by atoms with van der Waals surface area (Å²) in [5.41, 5.74) is 0. The lowest BCUT2D eigenvalue weighted by Crippen LogP contribution is -2.16. The average Bonchev–Trinajstić information content (AvgIpc) is 2.19. The maximum atomic E-state index is 13.3. The van der Waals surface area contributed by atoms with Crippen molar-refractivity contribution in [3.63, 3.8) is 0 Å². The summed E-state index contributed by atoms with van der Waals surface area (Å²) >= 11 is 0. The lowest BCUT2D eigenvalue weighted by Gasteiger charge is -2.22. The fourth-order valence-electron chi connectivity index (χ4n) is 2.13. The summed E-state index contributed by atoms with van der Waals surface area (Å²) in [5.74, 6) is 0.0525. The molecule has 0 amide bonds. The van der Waals surface area contributed by atoms with Gasteiger partial charge in [0.2, 0.25) is 0 Å². The molecule has 1 rings (SSSR count). The number of esters is 1. The molecule has 0 spiro atoms. The van der Waals surface area contributed by atoms with Crippen molar-refractivity contribution in [3.8, 4) is 0 Å². The van der Waals surface area contributed by atoms with Gasteiger partial charge in [-0.15, -0.1) is 0 Å². The van der Waals surface area contributed by atoms with E-state index in [0.29, 0.717) is 12.3 Å². The Morgan fingerprint density at radius 3 is 2.64 bits per heavy atom. The van der Waals surface area contributed by atoms with E-state index in [1.54, 1.807) is 0 Å². The molecule has 0 aromatic carbocycles. The number of carbonyl (C=O) groups is 1. The number of rotatable bonds is 4. The third kappa shape index (κ3) is 4.07. The van der Waals surface area contributed by atoms with Gasteiger partial charge in [-0.05, 0) is 12.3 Å². The highest BCUT2D eigenvalue weighted by molar-refractivity contribution is 5.69. The molecule has 0 aliphatic heterocycles. The van der Waals surface area contributed by atoms with Crippen molar-refractivity contribution >= 4 is 5.97 Å². The van der Waals surface area contributed by atoms with Crippen LogP contribution in [0.3, 0.4) is 0 Å². The smallest absolute Gasteiger partial charge is 0.308 e. The number of ether oxygens (including phenoxy) is 1. The van der Waals surface area contributed by atoms with Crippen LogP contribution in [0, 0.1) is 5.92 Å². The molecule has 0 N–H and O–H groups in total. The van der Waals surface area contributed by atoms with Gasteiger partial charge in [0.1, 0.15) is 6.17 Å². The van der Waals surface area contributed by atoms with Gasteiger partial charge in [0, 0.05) is 0 Å². The normalized spacial score (nSPS) is 20.4. The van der Waals surface area contributed by atoms with Crippen LogP contribution in [0.4, 0.5) is 4.39 Å². The Balaban J connectivity index is 2.18. The van der Waals surface area contributed by atoms with Crippen molar-refractivity contribution in [1.82, 2.24) is 0 Å². The summed E-state index contributed by atoms with van der Waals surface area (Å²) in [5, 5.41) is 0. The molecular weight excluding hydrogens is 183 g/mol. The lowest BCUT2D eigenvalue weighted by atomic mass is 9.85. The topological polar surface area (TPSA) is 26.3 Å². The fraction of sp³-hybridized carbons (Fsp3) is 0.909. The highest BCUT2D eigenvalue weighted by Crippen LogP contribution is 2.28. The molecule has 0 aromatic rings. The Bertz CT molecular complexity index is 176. The third-order valence-corrected chi connectivity index (χ3v) is 2.93. The quantitative estimate of drug-likeness (QED) is 0.655. The summed E-state index contributed by atoms with van der Waals surface area (Å²) in [4.78, 5) is 10.8. The molecule has 82 valence electrons. The summed E-state index contributed by atoms with van der Waals surface area (Å²) in [6.45, 7) is 0. The summed E-state index contributed by atoms with van der Waals surface area (Å²) in [6, 6.07) is 0. The molecule has 1 unspecified atom stereocenters. The van der Waals surface area contributed by atoms with Gasteiger partial charge in [0.15, 0.2) is 0 Å². The zero-order chi connectivity index (χ0) is 10.4. The van der Waals surface area contributed by atoms with E-state index in [9.17, 15) is 9.18 Å². The second kappa shape index (κ2) is 5.99. The van der Waals surface area contributed by atoms with E-state index in [-0.39, 0.29) is 6.42 Å². The zero-order valence-corrected chi connectivity index (χ0v) is 8.80. The molecule has 14 heavy (non-hydrogen) atoms. The summed E-state index contributed by atoms with van der Waals surface area (Å²) in [6.07, 6.45) is 5.42. The third-order valence-electron chi connectivity index (χ3n) is 2.93. The van der Waals surface area contributed by atoms with Crippen LogP contribution in [-0.2, 0) is 9.53 Å². The molecule has 1 fully saturated rings. The molecule has 0 bridgehead atoms. The Morgan fingerprint density at radius 1 is 1.43 bits per heavy atom. The lowest BCUT2D eigenvalue weighted by molar-refractivity contribution is -0.142. The predicted octanol–water partition coefficient (Wildman–Crippen LogP) is 2.86. The minimum atomic E-state index is -1.01. The number of hydrogen-bond acceptors (Lipinski definition) is 2. The van der Waals surface area contributed by atoms with Gasteiger partial charge in [0.05, 0.1) is 13.5 Å². The number of alkyl halides is 1. The molecular formula is C11H19FO2. The average molecular weight is 202 g/mol. The van der Waals surface area contributed by atoms with Crippen LogP contribution in [-0.4, -0.2) is 19.3 Å². The second-order valence-electron chi connectivity index (χ2n) is 4.12. The first-order valence-electron chi connectivity index (χ1n) is 5.43. The molecule has 0 radical (unpaired) electrons. The van der Waals surface area contributed by atoms with E-state index in [2.05, 4.69) is 4.74 Å². The van der Waals surface area contributed by atoms with Gasteiger partial charge >= 0.3 is 5.97 Å². The van der Waals surface area contributed by atoms with Crippen LogP contribution < -0.4 is 0 Å². The second-order valence-corrected chi connectivity index (χ2v) is 4.12. The van der Waals surface area contributed by atoms with Crippen LogP contribution in [0.1, 0.15) is 44.9 Å². The Hall–Kier alpha value is -0.600. The Morgan fingerprint density at radius 2 is 2.07 bits per heavy atom. The van der Waals surface area contributed by atoms with Crippen molar-refractivity contribution < 1.29 is 13.9 Å². The van der Waals surface area contributed by atoms with Gasteiger partial charge in [-0.1, -0.05) is 32.1 Å². The molecule has 0 aromatic heterocycles. The summed E-state index contributed by atoms with van der Waals surface area (Å²) in [7, 11) is 1.30. The minimum absolute atomic E-state index is 0.0764. The molecule has 1 aliphatic carbocycles. The van der Waals surface area contributed by atoms with Crippen LogP contribution in [0.15, 0.2) is 0 Å². The molecule has 3 heteroatoms. The fourth-order valence-corrected chi connectivity index (χ4v) is 2.13. The predicted molar refractivity (Wildman–Crippen MR) is 52.7 cm³/mol. The SMILES string of the molecule is COC(=O)CC(F)CC1CCCCC1. The van der Waals surface area contributed by atoms with E-state index in [1.807, 2.05) is 0 Å². The molecule has 0 saturated heterocycles. The van der Waals surface area contributed by atoms with Crippen molar-refractivity contribution in [2.45, 2.75) is 51.1 Å². The van der Waals surface area contributed by atoms with Gasteiger partial charge < -0.3 is 4.74 Å². The molecule has 1 saturated carbocycles. The largest absolute Gasteiger partial charge is 0.469 e.